The lowest BCUT2D eigenvalue weighted by molar-refractivity contribution is -0.137. The van der Waals surface area contributed by atoms with Gasteiger partial charge in [0.25, 0.3) is 0 Å². The highest BCUT2D eigenvalue weighted by Gasteiger charge is 2.25. The lowest BCUT2D eigenvalue weighted by atomic mass is 9.87. The van der Waals surface area contributed by atoms with E-state index in [1.54, 1.807) is 30.3 Å². The smallest absolute Gasteiger partial charge is 0.323 e. The second kappa shape index (κ2) is 7.34. The van der Waals surface area contributed by atoms with Gasteiger partial charge < -0.3 is 9.67 Å². The van der Waals surface area contributed by atoms with Crippen LogP contribution in [0, 0.1) is 12.8 Å². The van der Waals surface area contributed by atoms with Crippen LogP contribution < -0.4 is 0 Å². The Labute approximate surface area is 170 Å². The highest BCUT2D eigenvalue weighted by atomic mass is 32.2. The average molecular weight is 412 g/mol. The van der Waals surface area contributed by atoms with Crippen molar-refractivity contribution in [2.45, 2.75) is 50.3 Å². The predicted molar refractivity (Wildman–Crippen MR) is 113 cm³/mol. The van der Waals surface area contributed by atoms with Gasteiger partial charge >= 0.3 is 5.97 Å². The normalized spacial score (nSPS) is 16.7. The van der Waals surface area contributed by atoms with E-state index < -0.39 is 15.8 Å². The first-order valence-corrected chi connectivity index (χ1v) is 11.5. The number of rotatable bonds is 5. The molecule has 0 saturated heterocycles. The van der Waals surface area contributed by atoms with Crippen LogP contribution >= 0.6 is 0 Å². The molecule has 0 bridgehead atoms. The zero-order valence-electron chi connectivity index (χ0n) is 16.7. The number of aliphatic carboxylic acids is 1. The van der Waals surface area contributed by atoms with Gasteiger partial charge in [-0.2, -0.15) is 0 Å². The molecular formula is C23H25NO4S. The monoisotopic (exact) mass is 411 g/mol. The van der Waals surface area contributed by atoms with E-state index in [0.717, 1.165) is 47.0 Å². The Balaban J connectivity index is 1.77. The third-order valence-corrected chi connectivity index (χ3v) is 7.51. The van der Waals surface area contributed by atoms with Crippen molar-refractivity contribution in [1.29, 1.82) is 0 Å². The van der Waals surface area contributed by atoms with Crippen LogP contribution in [0.3, 0.4) is 0 Å². The Hall–Kier alpha value is -2.60. The Kier molecular flexibility index (Phi) is 4.99. The van der Waals surface area contributed by atoms with Gasteiger partial charge in [0.05, 0.1) is 10.6 Å². The highest BCUT2D eigenvalue weighted by molar-refractivity contribution is 7.90. The second-order valence-electron chi connectivity index (χ2n) is 8.18. The predicted octanol–water partition coefficient (Wildman–Crippen LogP) is 4.13. The lowest BCUT2D eigenvalue weighted by Crippen LogP contribution is -2.16. The number of carboxylic acids is 1. The maximum Gasteiger partial charge on any atom is 0.323 e. The summed E-state index contributed by atoms with van der Waals surface area (Å²) in [4.78, 5) is 11.7. The van der Waals surface area contributed by atoms with E-state index in [4.69, 9.17) is 0 Å². The molecule has 0 saturated carbocycles. The standard InChI is InChI=1S/C23H25NO4S/c1-15-3-7-18(8-4-15)29(27,28)14-17-6-10-22-20(12-17)19-11-16(2)5-9-21(19)24(22)13-23(25)26/h3-4,6-8,10,12,16H,5,9,11,13-14H2,1-2H3,(H,25,26). The van der Waals surface area contributed by atoms with Crippen LogP contribution in [-0.4, -0.2) is 24.1 Å². The van der Waals surface area contributed by atoms with Gasteiger partial charge in [-0.05, 0) is 67.5 Å². The van der Waals surface area contributed by atoms with Gasteiger partial charge in [-0.1, -0.05) is 30.7 Å². The van der Waals surface area contributed by atoms with Gasteiger partial charge in [-0.3, -0.25) is 4.79 Å². The molecule has 0 spiro atoms. The molecule has 2 aromatic carbocycles. The van der Waals surface area contributed by atoms with Gasteiger partial charge in [0.1, 0.15) is 6.54 Å². The molecular weight excluding hydrogens is 386 g/mol. The molecule has 29 heavy (non-hydrogen) atoms. The van der Waals surface area contributed by atoms with Crippen molar-refractivity contribution in [2.24, 2.45) is 5.92 Å². The number of carbonyl (C=O) groups is 1. The van der Waals surface area contributed by atoms with E-state index in [9.17, 15) is 18.3 Å². The fraction of sp³-hybridized carbons (Fsp3) is 0.348. The van der Waals surface area contributed by atoms with Crippen molar-refractivity contribution in [3.8, 4) is 0 Å². The first kappa shape index (κ1) is 19.7. The van der Waals surface area contributed by atoms with E-state index in [1.165, 1.54) is 5.56 Å². The van der Waals surface area contributed by atoms with Crippen LogP contribution in [0.25, 0.3) is 10.9 Å². The Morgan fingerprint density at radius 1 is 1.17 bits per heavy atom. The zero-order valence-corrected chi connectivity index (χ0v) is 17.5. The number of nitrogens with zero attached hydrogens (tertiary/aromatic N) is 1. The van der Waals surface area contributed by atoms with Crippen LogP contribution in [0.2, 0.25) is 0 Å². The number of sulfone groups is 1. The Bertz CT molecular complexity index is 1190. The summed E-state index contributed by atoms with van der Waals surface area (Å²) in [6.45, 7) is 4.06. The van der Waals surface area contributed by atoms with Crippen molar-refractivity contribution in [1.82, 2.24) is 4.57 Å². The topological polar surface area (TPSA) is 76.4 Å². The summed E-state index contributed by atoms with van der Waals surface area (Å²) in [5.41, 5.74) is 4.88. The van der Waals surface area contributed by atoms with Crippen LogP contribution in [0.15, 0.2) is 47.4 Å². The summed E-state index contributed by atoms with van der Waals surface area (Å²) in [6.07, 6.45) is 2.79. The molecule has 6 heteroatoms. The first-order valence-electron chi connectivity index (χ1n) is 9.88. The number of hydrogen-bond acceptors (Lipinski definition) is 3. The van der Waals surface area contributed by atoms with Crippen LogP contribution in [0.4, 0.5) is 0 Å². The van der Waals surface area contributed by atoms with Crippen LogP contribution in [0.1, 0.15) is 35.7 Å². The maximum atomic E-state index is 12.9. The van der Waals surface area contributed by atoms with Crippen LogP contribution in [0.5, 0.6) is 0 Å². The van der Waals surface area contributed by atoms with Crippen molar-refractivity contribution in [3.63, 3.8) is 0 Å². The van der Waals surface area contributed by atoms with Crippen molar-refractivity contribution < 1.29 is 18.3 Å². The molecule has 1 aliphatic carbocycles. The molecule has 0 radical (unpaired) electrons. The van der Waals surface area contributed by atoms with E-state index in [2.05, 4.69) is 6.92 Å². The van der Waals surface area contributed by atoms with E-state index >= 15 is 0 Å². The molecule has 1 heterocycles. The third kappa shape index (κ3) is 3.81. The summed E-state index contributed by atoms with van der Waals surface area (Å²) in [6, 6.07) is 12.5. The molecule has 1 unspecified atom stereocenters. The van der Waals surface area contributed by atoms with Crippen LogP contribution in [-0.2, 0) is 39.8 Å². The van der Waals surface area contributed by atoms with Gasteiger partial charge in [-0.25, -0.2) is 8.42 Å². The Morgan fingerprint density at radius 3 is 2.59 bits per heavy atom. The molecule has 1 aliphatic rings. The van der Waals surface area contributed by atoms with Crippen molar-refractivity contribution >= 4 is 26.7 Å². The molecule has 5 nitrogen and oxygen atoms in total. The van der Waals surface area contributed by atoms with Gasteiger partial charge in [-0.15, -0.1) is 0 Å². The number of carboxylic acid groups (broad SMARTS) is 1. The molecule has 1 atom stereocenters. The molecule has 1 N–H and O–H groups in total. The molecule has 1 aromatic heterocycles. The second-order valence-corrected chi connectivity index (χ2v) is 10.2. The summed E-state index contributed by atoms with van der Waals surface area (Å²) in [7, 11) is -3.44. The van der Waals surface area contributed by atoms with Crippen molar-refractivity contribution in [2.75, 3.05) is 0 Å². The number of aryl methyl sites for hydroxylation is 1. The summed E-state index contributed by atoms with van der Waals surface area (Å²) in [5, 5.41) is 10.3. The quantitative estimate of drug-likeness (QED) is 0.685. The van der Waals surface area contributed by atoms with E-state index in [-0.39, 0.29) is 12.3 Å². The van der Waals surface area contributed by atoms with E-state index in [1.807, 2.05) is 23.6 Å². The molecule has 0 amide bonds. The molecule has 3 aromatic rings. The third-order valence-electron chi connectivity index (χ3n) is 5.81. The summed E-state index contributed by atoms with van der Waals surface area (Å²) >= 11 is 0. The number of fused-ring (bicyclic) bond motifs is 3. The van der Waals surface area contributed by atoms with E-state index in [0.29, 0.717) is 10.8 Å². The zero-order chi connectivity index (χ0) is 20.8. The molecule has 4 rings (SSSR count). The molecule has 152 valence electrons. The van der Waals surface area contributed by atoms with Gasteiger partial charge in [0.2, 0.25) is 0 Å². The molecule has 0 fully saturated rings. The average Bonchev–Trinajstić information content (AvgIpc) is 2.94. The largest absolute Gasteiger partial charge is 0.480 e. The highest BCUT2D eigenvalue weighted by Crippen LogP contribution is 2.35. The Morgan fingerprint density at radius 2 is 1.90 bits per heavy atom. The summed E-state index contributed by atoms with van der Waals surface area (Å²) in [5.74, 6) is -0.402. The van der Waals surface area contributed by atoms with Gasteiger partial charge in [0, 0.05) is 16.6 Å². The molecule has 0 aliphatic heterocycles. The minimum absolute atomic E-state index is 0.0682. The van der Waals surface area contributed by atoms with Crippen molar-refractivity contribution in [3.05, 3.63) is 64.8 Å². The lowest BCUT2D eigenvalue weighted by Gasteiger charge is -2.20. The minimum atomic E-state index is -3.44. The number of benzene rings is 2. The summed E-state index contributed by atoms with van der Waals surface area (Å²) < 4.78 is 27.6. The SMILES string of the molecule is Cc1ccc(S(=O)(=O)Cc2ccc3c(c2)c2c(n3CC(=O)O)CCC(C)C2)cc1. The number of hydrogen-bond donors (Lipinski definition) is 1. The maximum absolute atomic E-state index is 12.9. The fourth-order valence-corrected chi connectivity index (χ4v) is 5.66. The number of aromatic nitrogens is 1. The minimum Gasteiger partial charge on any atom is -0.480 e. The first-order chi connectivity index (χ1) is 13.7. The van der Waals surface area contributed by atoms with Gasteiger partial charge in [0.15, 0.2) is 9.84 Å². The fourth-order valence-electron chi connectivity index (χ4n) is 4.33.